The third kappa shape index (κ3) is 3.68. The minimum atomic E-state index is -4.36. The molecule has 0 spiro atoms. The van der Waals surface area contributed by atoms with Crippen LogP contribution in [0.3, 0.4) is 0 Å². The summed E-state index contributed by atoms with van der Waals surface area (Å²) in [6.07, 6.45) is 6.73. The van der Waals surface area contributed by atoms with E-state index in [2.05, 4.69) is 40.3 Å². The first-order valence-corrected chi connectivity index (χ1v) is 11.9. The summed E-state index contributed by atoms with van der Waals surface area (Å²) >= 11 is 0. The van der Waals surface area contributed by atoms with Gasteiger partial charge < -0.3 is 20.7 Å². The standard InChI is InChI=1S/C25H30F3N3O/c26-25(27,28)15-6-9-21-18(10-15)24-17(22(31-21)14-4-2-1-3-5-14)8-7-16(32-24)11-30-23-19-12-29-13-20(19)23/h1-4,6,9-10,14,16-17,19-20,22-24,29-31H,5,7-8,11-13H2/t14?,16-,17+,19-,20+,22+,23+,24+/m1/s1. The molecule has 0 bridgehead atoms. The molecule has 1 aromatic carbocycles. The minimum absolute atomic E-state index is 0.0356. The smallest absolute Gasteiger partial charge is 0.381 e. The Kier molecular flexibility index (Phi) is 5.12. The van der Waals surface area contributed by atoms with Crippen molar-refractivity contribution in [2.45, 2.75) is 49.7 Å². The van der Waals surface area contributed by atoms with Crippen molar-refractivity contribution in [2.24, 2.45) is 23.7 Å². The summed E-state index contributed by atoms with van der Waals surface area (Å²) in [5.74, 6) is 1.94. The van der Waals surface area contributed by atoms with Crippen molar-refractivity contribution in [3.05, 3.63) is 53.6 Å². The van der Waals surface area contributed by atoms with Gasteiger partial charge in [0.15, 0.2) is 0 Å². The topological polar surface area (TPSA) is 45.3 Å². The predicted molar refractivity (Wildman–Crippen MR) is 117 cm³/mol. The molecule has 2 aliphatic carbocycles. The molecule has 5 aliphatic rings. The molecule has 4 nitrogen and oxygen atoms in total. The Morgan fingerprint density at radius 2 is 1.91 bits per heavy atom. The maximum absolute atomic E-state index is 13.5. The van der Waals surface area contributed by atoms with E-state index >= 15 is 0 Å². The number of alkyl halides is 3. The quantitative estimate of drug-likeness (QED) is 0.648. The lowest BCUT2D eigenvalue weighted by molar-refractivity contribution is -0.138. The number of benzene rings is 1. The number of hydrogen-bond donors (Lipinski definition) is 3. The molecule has 0 aromatic heterocycles. The van der Waals surface area contributed by atoms with E-state index in [-0.39, 0.29) is 24.2 Å². The van der Waals surface area contributed by atoms with Crippen LogP contribution in [-0.2, 0) is 10.9 Å². The zero-order valence-corrected chi connectivity index (χ0v) is 17.9. The number of rotatable bonds is 4. The van der Waals surface area contributed by atoms with E-state index in [0.717, 1.165) is 56.4 Å². The van der Waals surface area contributed by atoms with E-state index in [9.17, 15) is 13.2 Å². The summed E-state index contributed by atoms with van der Waals surface area (Å²) in [6, 6.07) is 4.81. The molecule has 32 heavy (non-hydrogen) atoms. The van der Waals surface area contributed by atoms with Crippen molar-refractivity contribution in [2.75, 3.05) is 25.0 Å². The second kappa shape index (κ2) is 7.89. The van der Waals surface area contributed by atoms with Crippen LogP contribution < -0.4 is 16.0 Å². The van der Waals surface area contributed by atoms with Gasteiger partial charge >= 0.3 is 6.18 Å². The monoisotopic (exact) mass is 445 g/mol. The highest BCUT2D eigenvalue weighted by Gasteiger charge is 2.53. The lowest BCUT2D eigenvalue weighted by atomic mass is 9.73. The third-order valence-corrected chi connectivity index (χ3v) is 8.17. The van der Waals surface area contributed by atoms with Gasteiger partial charge in [-0.2, -0.15) is 13.2 Å². The Labute approximate surface area is 186 Å². The molecule has 1 saturated carbocycles. The zero-order chi connectivity index (χ0) is 21.9. The highest BCUT2D eigenvalue weighted by atomic mass is 19.4. The number of fused-ring (bicyclic) bond motifs is 4. The van der Waals surface area contributed by atoms with E-state index in [1.807, 2.05) is 0 Å². The van der Waals surface area contributed by atoms with Crippen molar-refractivity contribution in [1.29, 1.82) is 0 Å². The molecule has 172 valence electrons. The third-order valence-electron chi connectivity index (χ3n) is 8.17. The summed E-state index contributed by atoms with van der Waals surface area (Å²) < 4.78 is 47.0. The molecule has 6 rings (SSSR count). The summed E-state index contributed by atoms with van der Waals surface area (Å²) in [4.78, 5) is 0. The van der Waals surface area contributed by atoms with Crippen LogP contribution in [-0.4, -0.2) is 37.8 Å². The Morgan fingerprint density at radius 1 is 1.06 bits per heavy atom. The lowest BCUT2D eigenvalue weighted by Gasteiger charge is -2.47. The van der Waals surface area contributed by atoms with Gasteiger partial charge in [0.05, 0.1) is 17.8 Å². The van der Waals surface area contributed by atoms with Crippen LogP contribution in [0.1, 0.15) is 36.5 Å². The van der Waals surface area contributed by atoms with Gasteiger partial charge in [-0.15, -0.1) is 0 Å². The fourth-order valence-electron chi connectivity index (χ4n) is 6.40. The second-order valence-electron chi connectivity index (χ2n) is 10.0. The molecule has 1 unspecified atom stereocenters. The number of hydrogen-bond acceptors (Lipinski definition) is 4. The van der Waals surface area contributed by atoms with Crippen LogP contribution in [0.5, 0.6) is 0 Å². The van der Waals surface area contributed by atoms with E-state index in [1.54, 1.807) is 6.07 Å². The van der Waals surface area contributed by atoms with E-state index in [0.29, 0.717) is 17.5 Å². The fourth-order valence-corrected chi connectivity index (χ4v) is 6.40. The minimum Gasteiger partial charge on any atom is -0.381 e. The average Bonchev–Trinajstić information content (AvgIpc) is 3.22. The summed E-state index contributed by atoms with van der Waals surface area (Å²) in [5.41, 5.74) is 0.843. The van der Waals surface area contributed by atoms with E-state index in [4.69, 9.17) is 4.74 Å². The number of anilines is 1. The maximum Gasteiger partial charge on any atom is 0.416 e. The molecule has 3 N–H and O–H groups in total. The van der Waals surface area contributed by atoms with Crippen LogP contribution in [0, 0.1) is 23.7 Å². The number of halogens is 3. The number of nitrogens with one attached hydrogen (secondary N) is 3. The highest BCUT2D eigenvalue weighted by Crippen LogP contribution is 2.49. The Hall–Kier alpha value is -1.83. The first-order chi connectivity index (χ1) is 15.5. The molecule has 2 saturated heterocycles. The van der Waals surface area contributed by atoms with Gasteiger partial charge in [-0.25, -0.2) is 0 Å². The Morgan fingerprint density at radius 3 is 2.66 bits per heavy atom. The largest absolute Gasteiger partial charge is 0.416 e. The molecular weight excluding hydrogens is 415 g/mol. The normalized spacial score (nSPS) is 39.7. The van der Waals surface area contributed by atoms with Gasteiger partial charge in [0.25, 0.3) is 0 Å². The van der Waals surface area contributed by atoms with Crippen molar-refractivity contribution < 1.29 is 17.9 Å². The summed E-state index contributed by atoms with van der Waals surface area (Å²) in [5, 5.41) is 10.7. The fraction of sp³-hybridized carbons (Fsp3) is 0.600. The summed E-state index contributed by atoms with van der Waals surface area (Å²) in [7, 11) is 0. The van der Waals surface area contributed by atoms with Gasteiger partial charge in [0.2, 0.25) is 0 Å². The number of piperidine rings is 1. The second-order valence-corrected chi connectivity index (χ2v) is 10.0. The SMILES string of the molecule is FC(F)(F)c1ccc2c(c1)[C@H]1O[C@@H](CN[C@H]3[C@@H]4CNC[C@@H]43)CC[C@H]1[C@H](C1C=CC=CC1)N2. The highest BCUT2D eigenvalue weighted by molar-refractivity contribution is 5.58. The first kappa shape index (κ1) is 20.8. The summed E-state index contributed by atoms with van der Waals surface area (Å²) in [6.45, 7) is 2.95. The van der Waals surface area contributed by atoms with Crippen molar-refractivity contribution in [1.82, 2.24) is 10.6 Å². The van der Waals surface area contributed by atoms with Gasteiger partial charge in [-0.1, -0.05) is 24.3 Å². The maximum atomic E-state index is 13.5. The molecule has 3 fully saturated rings. The average molecular weight is 446 g/mol. The van der Waals surface area contributed by atoms with Crippen LogP contribution in [0.25, 0.3) is 0 Å². The van der Waals surface area contributed by atoms with Gasteiger partial charge in [0, 0.05) is 41.7 Å². The van der Waals surface area contributed by atoms with Gasteiger partial charge in [0.1, 0.15) is 0 Å². The van der Waals surface area contributed by atoms with Crippen LogP contribution in [0.15, 0.2) is 42.5 Å². The number of allylic oxidation sites excluding steroid dienone is 3. The van der Waals surface area contributed by atoms with E-state index < -0.39 is 11.7 Å². The molecule has 0 radical (unpaired) electrons. The Bertz CT molecular complexity index is 919. The molecular formula is C25H30F3N3O. The first-order valence-electron chi connectivity index (χ1n) is 11.9. The molecule has 8 atom stereocenters. The zero-order valence-electron chi connectivity index (χ0n) is 17.9. The molecule has 1 aromatic rings. The molecule has 3 aliphatic heterocycles. The van der Waals surface area contributed by atoms with Gasteiger partial charge in [-0.05, 0) is 62.4 Å². The van der Waals surface area contributed by atoms with Crippen molar-refractivity contribution in [3.63, 3.8) is 0 Å². The van der Waals surface area contributed by atoms with Gasteiger partial charge in [-0.3, -0.25) is 0 Å². The van der Waals surface area contributed by atoms with Crippen LogP contribution >= 0.6 is 0 Å². The number of ether oxygens (including phenoxy) is 1. The van der Waals surface area contributed by atoms with Crippen LogP contribution in [0.4, 0.5) is 18.9 Å². The van der Waals surface area contributed by atoms with E-state index in [1.165, 1.54) is 12.1 Å². The predicted octanol–water partition coefficient (Wildman–Crippen LogP) is 4.28. The Balaban J connectivity index is 1.24. The molecule has 0 amide bonds. The van der Waals surface area contributed by atoms with Crippen LogP contribution in [0.2, 0.25) is 0 Å². The van der Waals surface area contributed by atoms with Crippen molar-refractivity contribution >= 4 is 5.69 Å². The molecule has 3 heterocycles. The molecule has 7 heteroatoms. The van der Waals surface area contributed by atoms with Crippen molar-refractivity contribution in [3.8, 4) is 0 Å². The lowest BCUT2D eigenvalue weighted by Crippen LogP contribution is -2.48.